The molecule has 2 rings (SSSR count). The molecular weight excluding hydrogens is 453 g/mol. The summed E-state index contributed by atoms with van der Waals surface area (Å²) in [5.41, 5.74) is 1.09. The van der Waals surface area contributed by atoms with Crippen LogP contribution in [0.3, 0.4) is 0 Å². The maximum absolute atomic E-state index is 5.41. The van der Waals surface area contributed by atoms with Crippen molar-refractivity contribution in [3.63, 3.8) is 0 Å². The second kappa shape index (κ2) is 13.2. The van der Waals surface area contributed by atoms with Gasteiger partial charge in [0.1, 0.15) is 5.75 Å². The molecule has 1 heterocycles. The van der Waals surface area contributed by atoms with Crippen LogP contribution in [0.5, 0.6) is 5.75 Å². The molecule has 154 valence electrons. The van der Waals surface area contributed by atoms with Gasteiger partial charge in [-0.3, -0.25) is 4.90 Å². The van der Waals surface area contributed by atoms with Crippen LogP contribution in [-0.2, 0) is 6.54 Å². The predicted molar refractivity (Wildman–Crippen MR) is 124 cm³/mol. The largest absolute Gasteiger partial charge is 0.496 e. The third-order valence-electron chi connectivity index (χ3n) is 4.99. The van der Waals surface area contributed by atoms with Gasteiger partial charge in [-0.25, -0.2) is 4.99 Å². The van der Waals surface area contributed by atoms with Gasteiger partial charge in [0.25, 0.3) is 0 Å². The van der Waals surface area contributed by atoms with Crippen LogP contribution in [0.1, 0.15) is 26.3 Å². The maximum atomic E-state index is 5.41. The SMILES string of the molecule is CCNC(=NCc1ccccc1OC)NCC(C)N1CCN(CC)CC1.I. The first kappa shape index (κ1) is 24.0. The average Bonchev–Trinajstić information content (AvgIpc) is 2.70. The van der Waals surface area contributed by atoms with E-state index in [1.54, 1.807) is 7.11 Å². The smallest absolute Gasteiger partial charge is 0.191 e. The van der Waals surface area contributed by atoms with E-state index in [0.717, 1.165) is 50.0 Å². The van der Waals surface area contributed by atoms with E-state index in [1.807, 2.05) is 18.2 Å². The van der Waals surface area contributed by atoms with Gasteiger partial charge in [0.05, 0.1) is 13.7 Å². The number of aliphatic imine (C=N–C) groups is 1. The number of piperazine rings is 1. The van der Waals surface area contributed by atoms with Crippen molar-refractivity contribution in [2.75, 3.05) is 52.9 Å². The molecule has 1 aliphatic rings. The lowest BCUT2D eigenvalue weighted by atomic mass is 10.2. The summed E-state index contributed by atoms with van der Waals surface area (Å²) >= 11 is 0. The molecule has 6 nitrogen and oxygen atoms in total. The molecule has 1 aromatic carbocycles. The Morgan fingerprint density at radius 1 is 1.15 bits per heavy atom. The lowest BCUT2D eigenvalue weighted by molar-refractivity contribution is 0.107. The lowest BCUT2D eigenvalue weighted by Gasteiger charge is -2.37. The van der Waals surface area contributed by atoms with E-state index in [2.05, 4.69) is 47.3 Å². The first-order valence-corrected chi connectivity index (χ1v) is 9.78. The summed E-state index contributed by atoms with van der Waals surface area (Å²) in [6.45, 7) is 14.7. The van der Waals surface area contributed by atoms with Crippen molar-refractivity contribution in [1.82, 2.24) is 20.4 Å². The number of benzene rings is 1. The highest BCUT2D eigenvalue weighted by Crippen LogP contribution is 2.17. The average molecular weight is 489 g/mol. The molecule has 0 saturated carbocycles. The Hall–Kier alpha value is -1.06. The topological polar surface area (TPSA) is 52.1 Å². The second-order valence-corrected chi connectivity index (χ2v) is 6.71. The number of hydrogen-bond donors (Lipinski definition) is 2. The van der Waals surface area contributed by atoms with E-state index in [9.17, 15) is 0 Å². The van der Waals surface area contributed by atoms with Crippen LogP contribution in [0, 0.1) is 0 Å². The number of halogens is 1. The summed E-state index contributed by atoms with van der Waals surface area (Å²) in [6, 6.07) is 8.52. The van der Waals surface area contributed by atoms with E-state index in [-0.39, 0.29) is 24.0 Å². The summed E-state index contributed by atoms with van der Waals surface area (Å²) in [5.74, 6) is 1.74. The molecule has 27 heavy (non-hydrogen) atoms. The highest BCUT2D eigenvalue weighted by Gasteiger charge is 2.20. The fourth-order valence-electron chi connectivity index (χ4n) is 3.23. The molecule has 0 amide bonds. The molecule has 1 unspecified atom stereocenters. The van der Waals surface area contributed by atoms with Gasteiger partial charge in [-0.2, -0.15) is 0 Å². The number of ether oxygens (including phenoxy) is 1. The van der Waals surface area contributed by atoms with E-state index in [1.165, 1.54) is 13.1 Å². The quantitative estimate of drug-likeness (QED) is 0.334. The minimum Gasteiger partial charge on any atom is -0.496 e. The van der Waals surface area contributed by atoms with Gasteiger partial charge in [0.15, 0.2) is 5.96 Å². The third-order valence-corrected chi connectivity index (χ3v) is 4.99. The molecule has 1 atom stereocenters. The molecule has 1 aliphatic heterocycles. The Bertz CT molecular complexity index is 561. The highest BCUT2D eigenvalue weighted by atomic mass is 127. The highest BCUT2D eigenvalue weighted by molar-refractivity contribution is 14.0. The maximum Gasteiger partial charge on any atom is 0.191 e. The van der Waals surface area contributed by atoms with Crippen molar-refractivity contribution in [3.8, 4) is 5.75 Å². The number of likely N-dealkylation sites (N-methyl/N-ethyl adjacent to an activating group) is 1. The third kappa shape index (κ3) is 7.83. The second-order valence-electron chi connectivity index (χ2n) is 6.71. The molecule has 0 spiro atoms. The number of para-hydroxylation sites is 1. The van der Waals surface area contributed by atoms with Gasteiger partial charge in [-0.1, -0.05) is 25.1 Å². The minimum atomic E-state index is 0. The molecule has 1 fully saturated rings. The van der Waals surface area contributed by atoms with Crippen molar-refractivity contribution >= 4 is 29.9 Å². The Balaban J connectivity index is 0.00000364. The van der Waals surface area contributed by atoms with Crippen LogP contribution in [0.25, 0.3) is 0 Å². The van der Waals surface area contributed by atoms with Crippen molar-refractivity contribution in [2.45, 2.75) is 33.4 Å². The van der Waals surface area contributed by atoms with E-state index in [0.29, 0.717) is 12.6 Å². The zero-order valence-electron chi connectivity index (χ0n) is 17.2. The summed E-state index contributed by atoms with van der Waals surface area (Å²) in [4.78, 5) is 9.79. The first-order valence-electron chi connectivity index (χ1n) is 9.78. The zero-order valence-corrected chi connectivity index (χ0v) is 19.5. The fourth-order valence-corrected chi connectivity index (χ4v) is 3.23. The first-order chi connectivity index (χ1) is 12.7. The molecule has 1 saturated heterocycles. The van der Waals surface area contributed by atoms with Crippen LogP contribution in [-0.4, -0.2) is 74.7 Å². The van der Waals surface area contributed by atoms with Gasteiger partial charge in [0.2, 0.25) is 0 Å². The number of hydrogen-bond acceptors (Lipinski definition) is 4. The van der Waals surface area contributed by atoms with Gasteiger partial charge >= 0.3 is 0 Å². The summed E-state index contributed by atoms with van der Waals surface area (Å²) in [6.07, 6.45) is 0. The fraction of sp³-hybridized carbons (Fsp3) is 0.650. The molecule has 7 heteroatoms. The Morgan fingerprint density at radius 3 is 2.48 bits per heavy atom. The summed E-state index contributed by atoms with van der Waals surface area (Å²) in [7, 11) is 1.70. The van der Waals surface area contributed by atoms with Crippen LogP contribution < -0.4 is 15.4 Å². The van der Waals surface area contributed by atoms with Crippen molar-refractivity contribution in [3.05, 3.63) is 29.8 Å². The number of guanidine groups is 1. The van der Waals surface area contributed by atoms with Crippen LogP contribution in [0.2, 0.25) is 0 Å². The molecule has 0 aromatic heterocycles. The monoisotopic (exact) mass is 489 g/mol. The molecular formula is C20H36IN5O. The standard InChI is InChI=1S/C20H35N5O.HI/c1-5-21-20(23-16-18-9-7-8-10-19(18)26-4)22-15-17(3)25-13-11-24(6-2)12-14-25;/h7-10,17H,5-6,11-16H2,1-4H3,(H2,21,22,23);1H. The van der Waals surface area contributed by atoms with Gasteiger partial charge < -0.3 is 20.3 Å². The van der Waals surface area contributed by atoms with Crippen LogP contribution >= 0.6 is 24.0 Å². The van der Waals surface area contributed by atoms with Crippen molar-refractivity contribution < 1.29 is 4.74 Å². The van der Waals surface area contributed by atoms with E-state index >= 15 is 0 Å². The molecule has 0 bridgehead atoms. The Labute approximate surface area is 181 Å². The summed E-state index contributed by atoms with van der Waals surface area (Å²) in [5, 5.41) is 6.83. The number of methoxy groups -OCH3 is 1. The van der Waals surface area contributed by atoms with Gasteiger partial charge in [-0.05, 0) is 26.5 Å². The number of nitrogens with zero attached hydrogens (tertiary/aromatic N) is 3. The molecule has 0 radical (unpaired) electrons. The Morgan fingerprint density at radius 2 is 1.85 bits per heavy atom. The Kier molecular flexibility index (Phi) is 11.7. The zero-order chi connectivity index (χ0) is 18.8. The lowest BCUT2D eigenvalue weighted by Crippen LogP contribution is -2.53. The molecule has 2 N–H and O–H groups in total. The van der Waals surface area contributed by atoms with Crippen molar-refractivity contribution in [1.29, 1.82) is 0 Å². The van der Waals surface area contributed by atoms with Crippen LogP contribution in [0.4, 0.5) is 0 Å². The number of rotatable bonds is 8. The summed E-state index contributed by atoms with van der Waals surface area (Å²) < 4.78 is 5.41. The normalized spacial score (nSPS) is 17.1. The van der Waals surface area contributed by atoms with Gasteiger partial charge in [-0.15, -0.1) is 24.0 Å². The van der Waals surface area contributed by atoms with E-state index in [4.69, 9.17) is 9.73 Å². The van der Waals surface area contributed by atoms with Gasteiger partial charge in [0, 0.05) is 50.9 Å². The minimum absolute atomic E-state index is 0. The van der Waals surface area contributed by atoms with E-state index < -0.39 is 0 Å². The molecule has 0 aliphatic carbocycles. The number of nitrogens with one attached hydrogen (secondary N) is 2. The predicted octanol–water partition coefficient (Wildman–Crippen LogP) is 2.39. The van der Waals surface area contributed by atoms with Crippen LogP contribution in [0.15, 0.2) is 29.3 Å². The van der Waals surface area contributed by atoms with Crippen molar-refractivity contribution in [2.24, 2.45) is 4.99 Å². The molecule has 1 aromatic rings.